The first kappa shape index (κ1) is 16.2. The van der Waals surface area contributed by atoms with Crippen molar-refractivity contribution in [1.29, 1.82) is 0 Å². The molecule has 0 heterocycles. The van der Waals surface area contributed by atoms with E-state index in [1.165, 1.54) is 38.5 Å². The molecule has 1 atom stereocenters. The van der Waals surface area contributed by atoms with Gasteiger partial charge in [0.05, 0.1) is 0 Å². The van der Waals surface area contributed by atoms with Gasteiger partial charge < -0.3 is 0 Å². The van der Waals surface area contributed by atoms with E-state index < -0.39 is 0 Å². The SMILES string of the molecule is CCCCC#CSCC(Cl)CCCCCC. The van der Waals surface area contributed by atoms with Gasteiger partial charge in [0.2, 0.25) is 0 Å². The fraction of sp³-hybridized carbons (Fsp3) is 0.857. The molecule has 0 aromatic rings. The van der Waals surface area contributed by atoms with Crippen molar-refractivity contribution in [2.24, 2.45) is 0 Å². The summed E-state index contributed by atoms with van der Waals surface area (Å²) in [6.07, 6.45) is 9.86. The van der Waals surface area contributed by atoms with Gasteiger partial charge in [0.25, 0.3) is 0 Å². The molecule has 0 aromatic heterocycles. The lowest BCUT2D eigenvalue weighted by atomic mass is 10.1. The number of alkyl halides is 1. The minimum atomic E-state index is 0.308. The van der Waals surface area contributed by atoms with Crippen molar-refractivity contribution in [3.05, 3.63) is 0 Å². The minimum absolute atomic E-state index is 0.308. The summed E-state index contributed by atoms with van der Waals surface area (Å²) in [4.78, 5) is 0. The van der Waals surface area contributed by atoms with E-state index in [1.807, 2.05) is 0 Å². The highest BCUT2D eigenvalue weighted by Gasteiger charge is 2.02. The first-order valence-electron chi connectivity index (χ1n) is 6.55. The lowest BCUT2D eigenvalue weighted by Crippen LogP contribution is -2.01. The molecule has 94 valence electrons. The van der Waals surface area contributed by atoms with Gasteiger partial charge in [-0.05, 0) is 18.1 Å². The zero-order valence-electron chi connectivity index (χ0n) is 10.7. The Labute approximate surface area is 111 Å². The summed E-state index contributed by atoms with van der Waals surface area (Å²) in [5.41, 5.74) is 0. The van der Waals surface area contributed by atoms with Crippen LogP contribution in [0.1, 0.15) is 65.2 Å². The van der Waals surface area contributed by atoms with Gasteiger partial charge in [-0.3, -0.25) is 0 Å². The Kier molecular flexibility index (Phi) is 13.4. The molecule has 0 spiro atoms. The Morgan fingerprint density at radius 2 is 1.81 bits per heavy atom. The molecule has 0 fully saturated rings. The standard InChI is InChI=1S/C14H25ClS/c1-3-5-7-9-11-14(15)13-16-12-10-8-6-4-2/h14H,3-9,11,13H2,1-2H3. The van der Waals surface area contributed by atoms with Crippen molar-refractivity contribution in [2.45, 2.75) is 70.6 Å². The lowest BCUT2D eigenvalue weighted by molar-refractivity contribution is 0.630. The van der Waals surface area contributed by atoms with Crippen LogP contribution in [-0.2, 0) is 0 Å². The van der Waals surface area contributed by atoms with Gasteiger partial charge in [-0.2, -0.15) is 0 Å². The number of thioether (sulfide) groups is 1. The van der Waals surface area contributed by atoms with E-state index in [0.29, 0.717) is 5.38 Å². The largest absolute Gasteiger partial charge is 0.122 e. The van der Waals surface area contributed by atoms with Crippen molar-refractivity contribution in [3.63, 3.8) is 0 Å². The van der Waals surface area contributed by atoms with Gasteiger partial charge in [-0.15, -0.1) is 11.6 Å². The summed E-state index contributed by atoms with van der Waals surface area (Å²) < 4.78 is 0. The highest BCUT2D eigenvalue weighted by atomic mass is 35.5. The Morgan fingerprint density at radius 1 is 1.06 bits per heavy atom. The molecular formula is C14H25ClS. The molecule has 0 bridgehead atoms. The zero-order valence-corrected chi connectivity index (χ0v) is 12.3. The molecule has 0 saturated heterocycles. The van der Waals surface area contributed by atoms with Crippen molar-refractivity contribution in [3.8, 4) is 11.2 Å². The molecule has 2 heteroatoms. The zero-order chi connectivity index (χ0) is 12.1. The number of rotatable bonds is 9. The second-order valence-corrected chi connectivity index (χ2v) is 5.58. The first-order chi connectivity index (χ1) is 7.81. The van der Waals surface area contributed by atoms with Gasteiger partial charge >= 0.3 is 0 Å². The van der Waals surface area contributed by atoms with E-state index in [-0.39, 0.29) is 0 Å². The average molecular weight is 261 g/mol. The predicted molar refractivity (Wildman–Crippen MR) is 78.2 cm³/mol. The summed E-state index contributed by atoms with van der Waals surface area (Å²) >= 11 is 7.89. The number of halogens is 1. The summed E-state index contributed by atoms with van der Waals surface area (Å²) in [7, 11) is 0. The van der Waals surface area contributed by atoms with Gasteiger partial charge in [0, 0.05) is 17.6 Å². The number of hydrogen-bond acceptors (Lipinski definition) is 1. The highest BCUT2D eigenvalue weighted by Crippen LogP contribution is 2.14. The maximum Gasteiger partial charge on any atom is 0.0436 e. The van der Waals surface area contributed by atoms with E-state index in [0.717, 1.165) is 18.6 Å². The van der Waals surface area contributed by atoms with Crippen molar-refractivity contribution >= 4 is 23.4 Å². The van der Waals surface area contributed by atoms with E-state index in [4.69, 9.17) is 11.6 Å². The maximum absolute atomic E-state index is 6.21. The maximum atomic E-state index is 6.21. The van der Waals surface area contributed by atoms with E-state index >= 15 is 0 Å². The molecule has 1 unspecified atom stereocenters. The van der Waals surface area contributed by atoms with Gasteiger partial charge in [-0.25, -0.2) is 0 Å². The molecule has 16 heavy (non-hydrogen) atoms. The summed E-state index contributed by atoms with van der Waals surface area (Å²) in [5.74, 6) is 4.15. The van der Waals surface area contributed by atoms with Crippen molar-refractivity contribution in [2.75, 3.05) is 5.75 Å². The average Bonchev–Trinajstić information content (AvgIpc) is 2.29. The Morgan fingerprint density at radius 3 is 2.50 bits per heavy atom. The van der Waals surface area contributed by atoms with Crippen molar-refractivity contribution in [1.82, 2.24) is 0 Å². The van der Waals surface area contributed by atoms with E-state index in [1.54, 1.807) is 11.8 Å². The third-order valence-electron chi connectivity index (χ3n) is 2.43. The quantitative estimate of drug-likeness (QED) is 0.302. The van der Waals surface area contributed by atoms with Gasteiger partial charge in [0.15, 0.2) is 0 Å². The molecule has 0 aliphatic carbocycles. The molecule has 0 nitrogen and oxygen atoms in total. The lowest BCUT2D eigenvalue weighted by Gasteiger charge is -2.05. The van der Waals surface area contributed by atoms with Crippen LogP contribution in [0.25, 0.3) is 0 Å². The van der Waals surface area contributed by atoms with Crippen LogP contribution in [-0.4, -0.2) is 11.1 Å². The third-order valence-corrected chi connectivity index (χ3v) is 3.85. The predicted octanol–water partition coefficient (Wildman–Crippen LogP) is 5.45. The summed E-state index contributed by atoms with van der Waals surface area (Å²) in [6.45, 7) is 4.43. The molecule has 0 aliphatic rings. The minimum Gasteiger partial charge on any atom is -0.122 e. The van der Waals surface area contributed by atoms with E-state index in [9.17, 15) is 0 Å². The fourth-order valence-corrected chi connectivity index (χ4v) is 2.35. The van der Waals surface area contributed by atoms with Crippen LogP contribution in [0.5, 0.6) is 0 Å². The van der Waals surface area contributed by atoms with Gasteiger partial charge in [-0.1, -0.05) is 63.6 Å². The van der Waals surface area contributed by atoms with Crippen LogP contribution in [0.3, 0.4) is 0 Å². The second-order valence-electron chi connectivity index (χ2n) is 4.14. The van der Waals surface area contributed by atoms with Crippen molar-refractivity contribution < 1.29 is 0 Å². The first-order valence-corrected chi connectivity index (χ1v) is 7.97. The van der Waals surface area contributed by atoms with Crippen LogP contribution >= 0.6 is 23.4 Å². The molecule has 0 radical (unpaired) electrons. The molecule has 0 rings (SSSR count). The fourth-order valence-electron chi connectivity index (χ4n) is 1.38. The molecule has 0 aliphatic heterocycles. The molecular weight excluding hydrogens is 236 g/mol. The van der Waals surface area contributed by atoms with Crippen LogP contribution in [0.4, 0.5) is 0 Å². The van der Waals surface area contributed by atoms with Crippen LogP contribution in [0.15, 0.2) is 0 Å². The monoisotopic (exact) mass is 260 g/mol. The van der Waals surface area contributed by atoms with E-state index in [2.05, 4.69) is 25.0 Å². The van der Waals surface area contributed by atoms with Crippen LogP contribution in [0.2, 0.25) is 0 Å². The summed E-state index contributed by atoms with van der Waals surface area (Å²) in [6, 6.07) is 0. The normalized spacial score (nSPS) is 11.9. The third kappa shape index (κ3) is 12.3. The topological polar surface area (TPSA) is 0 Å². The molecule has 0 amide bonds. The summed E-state index contributed by atoms with van der Waals surface area (Å²) in [5, 5.41) is 3.44. The Balaban J connectivity index is 3.27. The molecule has 0 aromatic carbocycles. The number of unbranched alkanes of at least 4 members (excludes halogenated alkanes) is 5. The smallest absolute Gasteiger partial charge is 0.0436 e. The second kappa shape index (κ2) is 13.3. The van der Waals surface area contributed by atoms with Crippen LogP contribution < -0.4 is 0 Å². The van der Waals surface area contributed by atoms with Crippen LogP contribution in [0, 0.1) is 11.2 Å². The highest BCUT2D eigenvalue weighted by molar-refractivity contribution is 8.03. The molecule has 0 N–H and O–H groups in total. The molecule has 0 saturated carbocycles. The van der Waals surface area contributed by atoms with Gasteiger partial charge in [0.1, 0.15) is 0 Å². The Hall–Kier alpha value is 0.200. The number of hydrogen-bond donors (Lipinski definition) is 0. The Bertz CT molecular complexity index is 193.